The third kappa shape index (κ3) is 6.25. The summed E-state index contributed by atoms with van der Waals surface area (Å²) in [4.78, 5) is 63.1. The molecule has 2 aromatic heterocycles. The first-order valence-corrected chi connectivity index (χ1v) is 21.4. The van der Waals surface area contributed by atoms with Gasteiger partial charge >= 0.3 is 0 Å². The number of hydrogen-bond donors (Lipinski definition) is 2. The Morgan fingerprint density at radius 3 is 1.40 bits per heavy atom. The van der Waals surface area contributed by atoms with Crippen molar-refractivity contribution < 1.29 is 9.59 Å². The number of imide groups is 1. The molecule has 0 aliphatic carbocycles. The van der Waals surface area contributed by atoms with Crippen LogP contribution in [0.3, 0.4) is 0 Å². The number of aromatic nitrogens is 2. The number of nitrogens with two attached hydrogens (primary N) is 1. The number of carbonyl (C=O) groups excluding carboxylic acids is 2. The number of hydrogen-bond acceptors (Lipinski definition) is 5. The monoisotopic (exact) mass is 822 g/mol. The molecule has 3 N–H and O–H groups in total. The summed E-state index contributed by atoms with van der Waals surface area (Å²) in [6.45, 7) is 25.5. The lowest BCUT2D eigenvalue weighted by Crippen LogP contribution is -2.41. The molecule has 314 valence electrons. The van der Waals surface area contributed by atoms with Gasteiger partial charge in [-0.15, -0.1) is 0 Å². The van der Waals surface area contributed by atoms with Crippen molar-refractivity contribution >= 4 is 66.4 Å². The van der Waals surface area contributed by atoms with Gasteiger partial charge in [-0.2, -0.15) is 0 Å². The van der Waals surface area contributed by atoms with Crippen molar-refractivity contribution in [2.45, 2.75) is 105 Å². The molecule has 6 aromatic carbocycles. The van der Waals surface area contributed by atoms with Crippen molar-refractivity contribution in [2.24, 2.45) is 0 Å². The van der Waals surface area contributed by atoms with Crippen molar-refractivity contribution in [1.29, 1.82) is 0 Å². The van der Waals surface area contributed by atoms with E-state index >= 15 is 0 Å². The number of nitrogens with zero attached hydrogens (tertiary/aromatic N) is 2. The van der Waals surface area contributed by atoms with Crippen LogP contribution >= 0.6 is 0 Å². The van der Waals surface area contributed by atoms with Crippen molar-refractivity contribution in [1.82, 2.24) is 9.55 Å². The van der Waals surface area contributed by atoms with Gasteiger partial charge in [-0.05, 0) is 116 Å². The minimum absolute atomic E-state index is 0.207. The van der Waals surface area contributed by atoms with E-state index in [-0.39, 0.29) is 32.8 Å². The largest absolute Gasteiger partial charge is 0.398 e. The molecule has 3 heterocycles. The van der Waals surface area contributed by atoms with Gasteiger partial charge in [-0.25, -0.2) is 9.47 Å². The summed E-state index contributed by atoms with van der Waals surface area (Å²) in [7, 11) is 0. The number of aromatic amines is 1. The van der Waals surface area contributed by atoms with Crippen LogP contribution in [0.25, 0.3) is 60.2 Å². The molecular formula is C54H54N4O4. The molecule has 9 rings (SSSR count). The molecule has 8 heteroatoms. The van der Waals surface area contributed by atoms with E-state index in [1.807, 2.05) is 54.6 Å². The van der Waals surface area contributed by atoms with Gasteiger partial charge in [0.25, 0.3) is 22.9 Å². The lowest BCUT2D eigenvalue weighted by Gasteiger charge is -2.32. The van der Waals surface area contributed by atoms with Gasteiger partial charge in [0.05, 0.1) is 11.4 Å². The fourth-order valence-electron chi connectivity index (χ4n) is 9.04. The SMILES string of the molecule is CC(C)(C)c1cc(N2C(=O)c3ccc(N)c4c(-c5cc6ccc7c(=O)n(-c8cc(C(C)(C)C)cc(C(C)(C)C)c8)c(=O)c8ccc([nH]5)c6c78)ccc(c34)C2=O)cc(C(C)(C)C)c1. The number of carbonyl (C=O) groups is 2. The maximum absolute atomic E-state index is 14.6. The Kier molecular flexibility index (Phi) is 8.72. The standard InChI is InChI=1S/C54H54N4O4/c1-51(2,3)29-22-30(52(4,5)6)25-33(24-29)57-47(59)36-14-13-28-21-42(56-41-20-18-39(50(57)62)44(36)43(28)41)35-15-16-37-45-38(17-19-40(55)46(35)45)49(61)58(48(37)60)34-26-31(53(7,8)9)23-32(27-34)54(10,11)12/h13-27,56H,55H2,1-12H3. The smallest absolute Gasteiger partial charge is 0.265 e. The summed E-state index contributed by atoms with van der Waals surface area (Å²) in [6, 6.07) is 28.7. The quantitative estimate of drug-likeness (QED) is 0.104. The normalized spacial score (nSPS) is 14.0. The van der Waals surface area contributed by atoms with Gasteiger partial charge < -0.3 is 10.7 Å². The maximum atomic E-state index is 14.6. The summed E-state index contributed by atoms with van der Waals surface area (Å²) in [5, 5.41) is 4.21. The van der Waals surface area contributed by atoms with Crippen LogP contribution in [0.4, 0.5) is 11.4 Å². The first-order chi connectivity index (χ1) is 28.8. The minimum Gasteiger partial charge on any atom is -0.398 e. The molecule has 0 spiro atoms. The van der Waals surface area contributed by atoms with Gasteiger partial charge in [0.1, 0.15) is 0 Å². The zero-order valence-corrected chi connectivity index (χ0v) is 37.8. The van der Waals surface area contributed by atoms with E-state index < -0.39 is 11.8 Å². The van der Waals surface area contributed by atoms with E-state index in [0.717, 1.165) is 38.5 Å². The molecule has 0 saturated carbocycles. The second kappa shape index (κ2) is 13.2. The summed E-state index contributed by atoms with van der Waals surface area (Å²) in [5.74, 6) is -0.817. The number of nitrogen functional groups attached to an aromatic ring is 1. The van der Waals surface area contributed by atoms with Gasteiger partial charge in [0.2, 0.25) is 0 Å². The Balaban J connectivity index is 1.21. The van der Waals surface area contributed by atoms with Crippen LogP contribution in [0.5, 0.6) is 0 Å². The van der Waals surface area contributed by atoms with E-state index in [1.54, 1.807) is 24.3 Å². The van der Waals surface area contributed by atoms with Crippen LogP contribution in [-0.2, 0) is 21.7 Å². The van der Waals surface area contributed by atoms with Crippen molar-refractivity contribution in [2.75, 3.05) is 10.6 Å². The van der Waals surface area contributed by atoms with E-state index in [9.17, 15) is 19.2 Å². The van der Waals surface area contributed by atoms with E-state index in [2.05, 4.69) is 100 Å². The van der Waals surface area contributed by atoms with E-state index in [4.69, 9.17) is 5.73 Å². The maximum Gasteiger partial charge on any atom is 0.265 e. The highest BCUT2D eigenvalue weighted by Gasteiger charge is 2.37. The number of nitrogens with one attached hydrogen (secondary N) is 1. The van der Waals surface area contributed by atoms with E-state index in [0.29, 0.717) is 66.4 Å². The first-order valence-electron chi connectivity index (χ1n) is 21.4. The van der Waals surface area contributed by atoms with Crippen LogP contribution in [0.1, 0.15) is 126 Å². The predicted octanol–water partition coefficient (Wildman–Crippen LogP) is 11.8. The number of amides is 2. The summed E-state index contributed by atoms with van der Waals surface area (Å²) < 4.78 is 1.33. The van der Waals surface area contributed by atoms with Crippen molar-refractivity contribution in [3.8, 4) is 16.9 Å². The number of pyridine rings is 2. The highest BCUT2D eigenvalue weighted by atomic mass is 16.2. The van der Waals surface area contributed by atoms with Crippen LogP contribution in [-0.4, -0.2) is 21.4 Å². The summed E-state index contributed by atoms with van der Waals surface area (Å²) >= 11 is 0. The lowest BCUT2D eigenvalue weighted by atomic mass is 9.80. The number of benzene rings is 6. The molecule has 0 atom stereocenters. The fourth-order valence-corrected chi connectivity index (χ4v) is 9.04. The van der Waals surface area contributed by atoms with Gasteiger partial charge in [-0.1, -0.05) is 107 Å². The van der Waals surface area contributed by atoms with Crippen LogP contribution in [0.15, 0.2) is 101 Å². The minimum atomic E-state index is -0.408. The summed E-state index contributed by atoms with van der Waals surface area (Å²) in [6.07, 6.45) is 0. The highest BCUT2D eigenvalue weighted by molar-refractivity contribution is 6.37. The Morgan fingerprint density at radius 1 is 0.452 bits per heavy atom. The molecule has 2 amide bonds. The molecule has 0 saturated heterocycles. The number of rotatable bonds is 3. The summed E-state index contributed by atoms with van der Waals surface area (Å²) in [5.41, 5.74) is 13.8. The molecule has 0 radical (unpaired) electrons. The molecule has 8 nitrogen and oxygen atoms in total. The van der Waals surface area contributed by atoms with E-state index in [1.165, 1.54) is 9.47 Å². The fraction of sp³-hybridized carbons (Fsp3) is 0.296. The molecule has 62 heavy (non-hydrogen) atoms. The molecule has 1 aliphatic heterocycles. The molecular weight excluding hydrogens is 769 g/mol. The third-order valence-electron chi connectivity index (χ3n) is 12.8. The molecule has 0 unspecified atom stereocenters. The average Bonchev–Trinajstić information content (AvgIpc) is 3.18. The topological polar surface area (TPSA) is 118 Å². The zero-order chi connectivity index (χ0) is 44.7. The van der Waals surface area contributed by atoms with Gasteiger partial charge in [0.15, 0.2) is 0 Å². The third-order valence-corrected chi connectivity index (χ3v) is 12.8. The van der Waals surface area contributed by atoms with Crippen LogP contribution in [0.2, 0.25) is 0 Å². The van der Waals surface area contributed by atoms with Crippen LogP contribution in [0, 0.1) is 0 Å². The Labute approximate surface area is 361 Å². The highest BCUT2D eigenvalue weighted by Crippen LogP contribution is 2.43. The number of H-pyrrole nitrogens is 1. The Bertz CT molecular complexity index is 3210. The van der Waals surface area contributed by atoms with Crippen molar-refractivity contribution in [3.05, 3.63) is 145 Å². The molecule has 0 fully saturated rings. The second-order valence-corrected chi connectivity index (χ2v) is 21.3. The Morgan fingerprint density at radius 2 is 0.903 bits per heavy atom. The van der Waals surface area contributed by atoms with Gasteiger partial charge in [-0.3, -0.25) is 19.2 Å². The predicted molar refractivity (Wildman–Crippen MR) is 256 cm³/mol. The second-order valence-electron chi connectivity index (χ2n) is 21.3. The van der Waals surface area contributed by atoms with Crippen molar-refractivity contribution in [3.63, 3.8) is 0 Å². The average molecular weight is 823 g/mol. The number of anilines is 2. The first kappa shape index (κ1) is 40.8. The molecule has 0 bridgehead atoms. The van der Waals surface area contributed by atoms with Gasteiger partial charge in [0, 0.05) is 65.9 Å². The van der Waals surface area contributed by atoms with Crippen LogP contribution < -0.4 is 21.8 Å². The zero-order valence-electron chi connectivity index (χ0n) is 37.8. The lowest BCUT2D eigenvalue weighted by molar-refractivity contribution is 0.0893. The Hall–Kier alpha value is -6.54. The molecule has 1 aliphatic rings. The molecule has 8 aromatic rings.